The van der Waals surface area contributed by atoms with Gasteiger partial charge in [-0.2, -0.15) is 18.4 Å². The summed E-state index contributed by atoms with van der Waals surface area (Å²) in [5.74, 6) is -0.0386. The van der Waals surface area contributed by atoms with Crippen molar-refractivity contribution in [2.75, 3.05) is 5.32 Å². The van der Waals surface area contributed by atoms with Gasteiger partial charge in [0.2, 0.25) is 0 Å². The quantitative estimate of drug-likeness (QED) is 0.903. The van der Waals surface area contributed by atoms with Gasteiger partial charge in [0.1, 0.15) is 5.82 Å². The second-order valence-corrected chi connectivity index (χ2v) is 4.14. The van der Waals surface area contributed by atoms with Crippen molar-refractivity contribution in [3.05, 3.63) is 28.1 Å². The van der Waals surface area contributed by atoms with Crippen molar-refractivity contribution in [3.8, 4) is 0 Å². The summed E-state index contributed by atoms with van der Waals surface area (Å²) in [6, 6.07) is 0.950. The second-order valence-electron chi connectivity index (χ2n) is 3.23. The molecule has 0 saturated heterocycles. The Balaban J connectivity index is 2.22. The fourth-order valence-corrected chi connectivity index (χ4v) is 1.55. The van der Waals surface area contributed by atoms with E-state index >= 15 is 0 Å². The molecule has 2 aromatic rings. The predicted octanol–water partition coefficient (Wildman–Crippen LogP) is 1.99. The Kier molecular flexibility index (Phi) is 3.45. The number of tetrazole rings is 1. The molecule has 0 aliphatic carbocycles. The normalized spacial score (nSPS) is 11.6. The molecule has 2 N–H and O–H groups in total. The zero-order valence-electron chi connectivity index (χ0n) is 8.66. The lowest BCUT2D eigenvalue weighted by Gasteiger charge is -2.12. The highest BCUT2D eigenvalue weighted by Crippen LogP contribution is 2.35. The average molecular weight is 323 g/mol. The van der Waals surface area contributed by atoms with E-state index in [9.17, 15) is 13.2 Å². The van der Waals surface area contributed by atoms with Gasteiger partial charge >= 0.3 is 6.18 Å². The second kappa shape index (κ2) is 4.88. The van der Waals surface area contributed by atoms with E-state index < -0.39 is 11.7 Å². The van der Waals surface area contributed by atoms with E-state index in [-0.39, 0.29) is 22.7 Å². The Labute approximate surface area is 107 Å². The first-order chi connectivity index (χ1) is 8.47. The number of halogens is 4. The Bertz CT molecular complexity index is 526. The fourth-order valence-electron chi connectivity index (χ4n) is 1.22. The number of nitrogens with one attached hydrogen (secondary N) is 2. The predicted molar refractivity (Wildman–Crippen MR) is 58.4 cm³/mol. The molecule has 0 saturated carbocycles. The maximum Gasteiger partial charge on any atom is 0.419 e. The number of hydrogen-bond acceptors (Lipinski definition) is 5. The van der Waals surface area contributed by atoms with Crippen LogP contribution in [0.3, 0.4) is 0 Å². The average Bonchev–Trinajstić information content (AvgIpc) is 2.79. The van der Waals surface area contributed by atoms with Crippen LogP contribution in [0.25, 0.3) is 0 Å². The van der Waals surface area contributed by atoms with Crippen LogP contribution >= 0.6 is 15.9 Å². The van der Waals surface area contributed by atoms with Crippen molar-refractivity contribution in [1.29, 1.82) is 0 Å². The third-order valence-corrected chi connectivity index (χ3v) is 2.40. The van der Waals surface area contributed by atoms with Gasteiger partial charge < -0.3 is 5.32 Å². The molecule has 0 radical (unpaired) electrons. The van der Waals surface area contributed by atoms with Crippen LogP contribution in [-0.4, -0.2) is 25.6 Å². The van der Waals surface area contributed by atoms with E-state index in [1.165, 1.54) is 6.20 Å². The summed E-state index contributed by atoms with van der Waals surface area (Å²) in [6.07, 6.45) is -3.22. The van der Waals surface area contributed by atoms with Crippen molar-refractivity contribution in [1.82, 2.24) is 25.6 Å². The van der Waals surface area contributed by atoms with Crippen molar-refractivity contribution in [2.45, 2.75) is 12.7 Å². The van der Waals surface area contributed by atoms with Crippen LogP contribution in [0.15, 0.2) is 16.7 Å². The zero-order valence-corrected chi connectivity index (χ0v) is 10.2. The third-order valence-electron chi connectivity index (χ3n) is 1.96. The number of alkyl halides is 3. The molecule has 0 fully saturated rings. The van der Waals surface area contributed by atoms with E-state index in [0.717, 1.165) is 6.07 Å². The summed E-state index contributed by atoms with van der Waals surface area (Å²) >= 11 is 2.95. The molecule has 96 valence electrons. The van der Waals surface area contributed by atoms with Crippen LogP contribution in [-0.2, 0) is 12.7 Å². The van der Waals surface area contributed by atoms with E-state index in [1.54, 1.807) is 0 Å². The van der Waals surface area contributed by atoms with E-state index in [1.807, 2.05) is 0 Å². The van der Waals surface area contributed by atoms with Gasteiger partial charge in [-0.25, -0.2) is 4.98 Å². The largest absolute Gasteiger partial charge is 0.419 e. The van der Waals surface area contributed by atoms with Crippen LogP contribution in [0.2, 0.25) is 0 Å². The molecule has 0 aliphatic rings. The minimum absolute atomic E-state index is 0.00574. The Hall–Kier alpha value is -1.71. The minimum Gasteiger partial charge on any atom is -0.362 e. The van der Waals surface area contributed by atoms with Crippen LogP contribution in [0.5, 0.6) is 0 Å². The van der Waals surface area contributed by atoms with Gasteiger partial charge in [-0.1, -0.05) is 5.21 Å². The summed E-state index contributed by atoms with van der Waals surface area (Å²) in [5.41, 5.74) is -0.861. The van der Waals surface area contributed by atoms with Crippen molar-refractivity contribution < 1.29 is 13.2 Å². The molecule has 2 rings (SSSR count). The molecule has 10 heteroatoms. The molecule has 18 heavy (non-hydrogen) atoms. The summed E-state index contributed by atoms with van der Waals surface area (Å²) in [7, 11) is 0. The molecular formula is C8H6BrF3N6. The molecule has 0 aromatic carbocycles. The van der Waals surface area contributed by atoms with Crippen molar-refractivity contribution >= 4 is 21.7 Å². The lowest BCUT2D eigenvalue weighted by molar-refractivity contribution is -0.137. The number of anilines is 1. The van der Waals surface area contributed by atoms with Gasteiger partial charge in [-0.15, -0.1) is 10.2 Å². The molecule has 0 unspecified atom stereocenters. The van der Waals surface area contributed by atoms with Crippen molar-refractivity contribution in [2.24, 2.45) is 0 Å². The van der Waals surface area contributed by atoms with Gasteiger partial charge in [0, 0.05) is 10.7 Å². The molecule has 2 heterocycles. The highest BCUT2D eigenvalue weighted by atomic mass is 79.9. The Morgan fingerprint density at radius 2 is 2.17 bits per heavy atom. The SMILES string of the molecule is FC(F)(F)c1cc(Br)cnc1NCc1nn[nH]n1. The standard InChI is InChI=1S/C8H6BrF3N6/c9-4-1-5(8(10,11)12)7(13-2-4)14-3-6-15-17-18-16-6/h1-2H,3H2,(H,13,14)(H,15,16,17,18). The number of H-pyrrole nitrogens is 1. The topological polar surface area (TPSA) is 79.4 Å². The molecule has 0 bridgehead atoms. The van der Waals surface area contributed by atoms with Gasteiger partial charge in [0.05, 0.1) is 12.1 Å². The third kappa shape index (κ3) is 2.94. The number of nitrogens with zero attached hydrogens (tertiary/aromatic N) is 4. The molecule has 6 nitrogen and oxygen atoms in total. The number of rotatable bonds is 3. The monoisotopic (exact) mass is 322 g/mol. The smallest absolute Gasteiger partial charge is 0.362 e. The highest BCUT2D eigenvalue weighted by Gasteiger charge is 2.34. The van der Waals surface area contributed by atoms with E-state index in [0.29, 0.717) is 0 Å². The zero-order chi connectivity index (χ0) is 13.2. The molecule has 0 spiro atoms. The van der Waals surface area contributed by atoms with Gasteiger partial charge in [-0.05, 0) is 22.0 Å². The van der Waals surface area contributed by atoms with Gasteiger partial charge in [0.15, 0.2) is 5.82 Å². The molecule has 0 atom stereocenters. The van der Waals surface area contributed by atoms with E-state index in [2.05, 4.69) is 46.9 Å². The number of hydrogen-bond donors (Lipinski definition) is 2. The minimum atomic E-state index is -4.49. The maximum absolute atomic E-state index is 12.7. The van der Waals surface area contributed by atoms with Crippen LogP contribution in [0, 0.1) is 0 Å². The van der Waals surface area contributed by atoms with Gasteiger partial charge in [-0.3, -0.25) is 0 Å². The van der Waals surface area contributed by atoms with E-state index in [4.69, 9.17) is 0 Å². The molecule has 2 aromatic heterocycles. The van der Waals surface area contributed by atoms with Crippen LogP contribution in [0.4, 0.5) is 19.0 Å². The summed E-state index contributed by atoms with van der Waals surface area (Å²) in [4.78, 5) is 3.68. The number of aromatic amines is 1. The molecule has 0 aliphatic heterocycles. The lowest BCUT2D eigenvalue weighted by atomic mass is 10.2. The van der Waals surface area contributed by atoms with Crippen LogP contribution in [0.1, 0.15) is 11.4 Å². The number of aromatic nitrogens is 5. The van der Waals surface area contributed by atoms with Crippen LogP contribution < -0.4 is 5.32 Å². The summed E-state index contributed by atoms with van der Waals surface area (Å²) in [5, 5.41) is 15.2. The summed E-state index contributed by atoms with van der Waals surface area (Å²) < 4.78 is 38.5. The first-order valence-corrected chi connectivity index (χ1v) is 5.45. The summed E-state index contributed by atoms with van der Waals surface area (Å²) in [6.45, 7) is -0.00574. The maximum atomic E-state index is 12.7. The first-order valence-electron chi connectivity index (χ1n) is 4.66. The number of pyridine rings is 1. The first kappa shape index (κ1) is 12.7. The molecule has 0 amide bonds. The molecular weight excluding hydrogens is 317 g/mol. The lowest BCUT2D eigenvalue weighted by Crippen LogP contribution is -2.13. The Morgan fingerprint density at radius 1 is 1.39 bits per heavy atom. The van der Waals surface area contributed by atoms with Crippen molar-refractivity contribution in [3.63, 3.8) is 0 Å². The Morgan fingerprint density at radius 3 is 2.78 bits per heavy atom. The van der Waals surface area contributed by atoms with Gasteiger partial charge in [0.25, 0.3) is 0 Å². The highest BCUT2D eigenvalue weighted by molar-refractivity contribution is 9.10. The fraction of sp³-hybridized carbons (Fsp3) is 0.250.